The van der Waals surface area contributed by atoms with Crippen molar-refractivity contribution in [3.8, 4) is 0 Å². The van der Waals surface area contributed by atoms with Crippen LogP contribution in [0.1, 0.15) is 38.7 Å². The Morgan fingerprint density at radius 1 is 1.20 bits per heavy atom. The Labute approximate surface area is 89.9 Å². The van der Waals surface area contributed by atoms with Crippen LogP contribution >= 0.6 is 0 Å². The van der Waals surface area contributed by atoms with Crippen molar-refractivity contribution in [3.05, 3.63) is 30.1 Å². The number of para-hydroxylation sites is 2. The fourth-order valence-electron chi connectivity index (χ4n) is 1.93. The summed E-state index contributed by atoms with van der Waals surface area (Å²) >= 11 is 0. The van der Waals surface area contributed by atoms with Gasteiger partial charge in [0, 0.05) is 6.04 Å². The van der Waals surface area contributed by atoms with Crippen molar-refractivity contribution in [2.24, 2.45) is 5.73 Å². The maximum absolute atomic E-state index is 5.93. The Bertz CT molecular complexity index is 469. The number of rotatable bonds is 2. The van der Waals surface area contributed by atoms with Crippen LogP contribution in [0, 0.1) is 0 Å². The van der Waals surface area contributed by atoms with E-state index in [4.69, 9.17) is 5.73 Å². The van der Waals surface area contributed by atoms with Gasteiger partial charge in [0.2, 0.25) is 0 Å². The van der Waals surface area contributed by atoms with E-state index >= 15 is 0 Å². The van der Waals surface area contributed by atoms with E-state index in [2.05, 4.69) is 29.5 Å². The number of aromatic nitrogens is 2. The van der Waals surface area contributed by atoms with Crippen molar-refractivity contribution < 1.29 is 0 Å². The second-order valence-corrected chi connectivity index (χ2v) is 4.21. The Balaban J connectivity index is 2.75. The summed E-state index contributed by atoms with van der Waals surface area (Å²) in [5.74, 6) is 0.964. The van der Waals surface area contributed by atoms with E-state index in [0.717, 1.165) is 11.3 Å². The lowest BCUT2D eigenvalue weighted by molar-refractivity contribution is 0.558. The smallest absolute Gasteiger partial charge is 0.126 e. The summed E-state index contributed by atoms with van der Waals surface area (Å²) in [7, 11) is 0. The van der Waals surface area contributed by atoms with Crippen molar-refractivity contribution in [1.29, 1.82) is 0 Å². The maximum atomic E-state index is 5.93. The van der Waals surface area contributed by atoms with Gasteiger partial charge in [-0.25, -0.2) is 4.98 Å². The largest absolute Gasteiger partial charge is 0.324 e. The van der Waals surface area contributed by atoms with Gasteiger partial charge in [-0.2, -0.15) is 0 Å². The van der Waals surface area contributed by atoms with Crippen LogP contribution < -0.4 is 5.73 Å². The molecule has 0 aliphatic carbocycles. The molecule has 15 heavy (non-hydrogen) atoms. The van der Waals surface area contributed by atoms with Crippen LogP contribution in [0.3, 0.4) is 0 Å². The predicted octanol–water partition coefficient (Wildman–Crippen LogP) is 2.64. The molecule has 0 saturated carbocycles. The van der Waals surface area contributed by atoms with E-state index in [1.807, 2.05) is 25.1 Å². The maximum Gasteiger partial charge on any atom is 0.126 e. The van der Waals surface area contributed by atoms with Gasteiger partial charge in [0.25, 0.3) is 0 Å². The minimum absolute atomic E-state index is 0.0280. The molecule has 80 valence electrons. The lowest BCUT2D eigenvalue weighted by Crippen LogP contribution is -2.14. The van der Waals surface area contributed by atoms with E-state index in [1.54, 1.807) is 0 Å². The highest BCUT2D eigenvalue weighted by Gasteiger charge is 2.15. The summed E-state index contributed by atoms with van der Waals surface area (Å²) in [5, 5.41) is 0. The predicted molar refractivity (Wildman–Crippen MR) is 62.7 cm³/mol. The normalized spacial score (nSPS) is 13.7. The monoisotopic (exact) mass is 203 g/mol. The van der Waals surface area contributed by atoms with Crippen LogP contribution in [0.2, 0.25) is 0 Å². The SMILES string of the molecule is CC(C)n1c([C@H](C)N)nc2ccccc21. The number of hydrogen-bond acceptors (Lipinski definition) is 2. The summed E-state index contributed by atoms with van der Waals surface area (Å²) in [5.41, 5.74) is 8.13. The average molecular weight is 203 g/mol. The highest BCUT2D eigenvalue weighted by molar-refractivity contribution is 5.76. The average Bonchev–Trinajstić information content (AvgIpc) is 2.56. The molecule has 0 spiro atoms. The Hall–Kier alpha value is -1.35. The first-order valence-electron chi connectivity index (χ1n) is 5.33. The Morgan fingerprint density at radius 2 is 1.87 bits per heavy atom. The first-order valence-corrected chi connectivity index (χ1v) is 5.33. The Morgan fingerprint density at radius 3 is 2.47 bits per heavy atom. The number of benzene rings is 1. The molecule has 1 aromatic carbocycles. The first kappa shape index (κ1) is 10.2. The van der Waals surface area contributed by atoms with Crippen LogP contribution in [-0.4, -0.2) is 9.55 Å². The second-order valence-electron chi connectivity index (χ2n) is 4.21. The number of nitrogens with zero attached hydrogens (tertiary/aromatic N) is 2. The summed E-state index contributed by atoms with van der Waals surface area (Å²) in [4.78, 5) is 4.57. The van der Waals surface area contributed by atoms with Crippen molar-refractivity contribution in [3.63, 3.8) is 0 Å². The molecule has 0 radical (unpaired) electrons. The molecule has 0 aliphatic heterocycles. The fraction of sp³-hybridized carbons (Fsp3) is 0.417. The lowest BCUT2D eigenvalue weighted by Gasteiger charge is -2.14. The summed E-state index contributed by atoms with van der Waals surface area (Å²) in [6.45, 7) is 6.28. The molecular weight excluding hydrogens is 186 g/mol. The van der Waals surface area contributed by atoms with Crippen LogP contribution in [0.25, 0.3) is 11.0 Å². The molecule has 1 heterocycles. The van der Waals surface area contributed by atoms with Crippen LogP contribution in [0.4, 0.5) is 0 Å². The summed E-state index contributed by atoms with van der Waals surface area (Å²) in [6.07, 6.45) is 0. The standard InChI is InChI=1S/C12H17N3/c1-8(2)15-11-7-5-4-6-10(11)14-12(15)9(3)13/h4-9H,13H2,1-3H3/t9-/m0/s1. The molecule has 0 unspecified atom stereocenters. The van der Waals surface area contributed by atoms with Crippen LogP contribution in [0.5, 0.6) is 0 Å². The van der Waals surface area contributed by atoms with Gasteiger partial charge < -0.3 is 10.3 Å². The summed E-state index contributed by atoms with van der Waals surface area (Å²) < 4.78 is 2.21. The zero-order chi connectivity index (χ0) is 11.0. The zero-order valence-electron chi connectivity index (χ0n) is 9.44. The van der Waals surface area contributed by atoms with Crippen molar-refractivity contribution in [2.45, 2.75) is 32.9 Å². The van der Waals surface area contributed by atoms with E-state index in [1.165, 1.54) is 5.52 Å². The molecule has 0 aliphatic rings. The van der Waals surface area contributed by atoms with Gasteiger partial charge in [0.15, 0.2) is 0 Å². The minimum Gasteiger partial charge on any atom is -0.324 e. The third-order valence-electron chi connectivity index (χ3n) is 2.55. The zero-order valence-corrected chi connectivity index (χ0v) is 9.44. The van der Waals surface area contributed by atoms with Gasteiger partial charge in [-0.15, -0.1) is 0 Å². The second kappa shape index (κ2) is 3.66. The van der Waals surface area contributed by atoms with Gasteiger partial charge in [-0.1, -0.05) is 12.1 Å². The summed E-state index contributed by atoms with van der Waals surface area (Å²) in [6, 6.07) is 8.52. The molecule has 3 heteroatoms. The van der Waals surface area contributed by atoms with Crippen molar-refractivity contribution in [2.75, 3.05) is 0 Å². The van der Waals surface area contributed by atoms with E-state index in [-0.39, 0.29) is 6.04 Å². The van der Waals surface area contributed by atoms with Crippen molar-refractivity contribution >= 4 is 11.0 Å². The van der Waals surface area contributed by atoms with E-state index in [0.29, 0.717) is 6.04 Å². The third kappa shape index (κ3) is 1.63. The molecule has 2 aromatic rings. The van der Waals surface area contributed by atoms with Gasteiger partial charge in [0.05, 0.1) is 17.1 Å². The quantitative estimate of drug-likeness (QED) is 0.815. The molecule has 0 saturated heterocycles. The van der Waals surface area contributed by atoms with Gasteiger partial charge in [0.1, 0.15) is 5.82 Å². The first-order chi connectivity index (χ1) is 7.11. The van der Waals surface area contributed by atoms with E-state index in [9.17, 15) is 0 Å². The Kier molecular flexibility index (Phi) is 2.49. The molecule has 1 atom stereocenters. The molecule has 2 rings (SSSR count). The topological polar surface area (TPSA) is 43.8 Å². The molecule has 0 bridgehead atoms. The number of nitrogens with two attached hydrogens (primary N) is 1. The fourth-order valence-corrected chi connectivity index (χ4v) is 1.93. The molecule has 2 N–H and O–H groups in total. The molecular formula is C12H17N3. The third-order valence-corrected chi connectivity index (χ3v) is 2.55. The van der Waals surface area contributed by atoms with Gasteiger partial charge in [-0.3, -0.25) is 0 Å². The minimum atomic E-state index is -0.0280. The highest BCUT2D eigenvalue weighted by Crippen LogP contribution is 2.23. The van der Waals surface area contributed by atoms with Crippen molar-refractivity contribution in [1.82, 2.24) is 9.55 Å². The molecule has 3 nitrogen and oxygen atoms in total. The van der Waals surface area contributed by atoms with Crippen LogP contribution in [0.15, 0.2) is 24.3 Å². The molecule has 0 fully saturated rings. The number of hydrogen-bond donors (Lipinski definition) is 1. The van der Waals surface area contributed by atoms with E-state index < -0.39 is 0 Å². The van der Waals surface area contributed by atoms with Gasteiger partial charge in [-0.05, 0) is 32.9 Å². The lowest BCUT2D eigenvalue weighted by atomic mass is 10.2. The number of fused-ring (bicyclic) bond motifs is 1. The van der Waals surface area contributed by atoms with Gasteiger partial charge >= 0.3 is 0 Å². The molecule has 0 amide bonds. The molecule has 1 aromatic heterocycles. The van der Waals surface area contributed by atoms with Crippen LogP contribution in [-0.2, 0) is 0 Å². The highest BCUT2D eigenvalue weighted by atomic mass is 15.1. The number of imidazole rings is 1.